The van der Waals surface area contributed by atoms with Crippen LogP contribution in [-0.2, 0) is 4.79 Å². The van der Waals surface area contributed by atoms with Crippen LogP contribution in [0.25, 0.3) is 0 Å². The van der Waals surface area contributed by atoms with Crippen LogP contribution in [0.1, 0.15) is 13.8 Å². The van der Waals surface area contributed by atoms with Gasteiger partial charge in [-0.15, -0.1) is 0 Å². The summed E-state index contributed by atoms with van der Waals surface area (Å²) in [6.07, 6.45) is 0. The van der Waals surface area contributed by atoms with Crippen molar-refractivity contribution in [2.45, 2.75) is 19.9 Å². The molecule has 2 N–H and O–H groups in total. The van der Waals surface area contributed by atoms with Crippen LogP contribution in [-0.4, -0.2) is 24.1 Å². The van der Waals surface area contributed by atoms with Crippen LogP contribution in [0.4, 0.5) is 0 Å². The fourth-order valence-corrected chi connectivity index (χ4v) is 1.06. The van der Waals surface area contributed by atoms with Gasteiger partial charge in [-0.3, -0.25) is 4.79 Å². The molecule has 2 nitrogen and oxygen atoms in total. The first-order valence-electron chi connectivity index (χ1n) is 3.17. The van der Waals surface area contributed by atoms with Crippen LogP contribution < -0.4 is 5.32 Å². The van der Waals surface area contributed by atoms with Crippen molar-refractivity contribution < 1.29 is 10.1 Å². The molecule has 0 spiro atoms. The SMILES string of the molecule is CC[NH2+]C(CS)C(C)=O. The molecule has 0 heterocycles. The number of ketones is 1. The van der Waals surface area contributed by atoms with Crippen molar-refractivity contribution in [1.29, 1.82) is 0 Å². The van der Waals surface area contributed by atoms with Gasteiger partial charge in [0.2, 0.25) is 0 Å². The Morgan fingerprint density at radius 3 is 2.44 bits per heavy atom. The molecular formula is C6H14NOS+. The van der Waals surface area contributed by atoms with E-state index >= 15 is 0 Å². The number of carbonyl (C=O) groups is 1. The van der Waals surface area contributed by atoms with E-state index in [1.54, 1.807) is 6.92 Å². The van der Waals surface area contributed by atoms with Crippen LogP contribution in [0, 0.1) is 0 Å². The maximum atomic E-state index is 10.7. The Kier molecular flexibility index (Phi) is 4.81. The van der Waals surface area contributed by atoms with E-state index < -0.39 is 0 Å². The molecule has 0 rings (SSSR count). The monoisotopic (exact) mass is 148 g/mol. The molecular weight excluding hydrogens is 134 g/mol. The number of hydrogen-bond donors (Lipinski definition) is 2. The molecule has 0 radical (unpaired) electrons. The summed E-state index contributed by atoms with van der Waals surface area (Å²) in [6.45, 7) is 4.58. The van der Waals surface area contributed by atoms with Gasteiger partial charge in [0, 0.05) is 12.7 Å². The number of hydrogen-bond acceptors (Lipinski definition) is 2. The zero-order valence-corrected chi connectivity index (χ0v) is 6.82. The molecule has 0 aromatic carbocycles. The minimum Gasteiger partial charge on any atom is -0.337 e. The lowest BCUT2D eigenvalue weighted by atomic mass is 10.2. The van der Waals surface area contributed by atoms with Gasteiger partial charge in [0.15, 0.2) is 11.8 Å². The van der Waals surface area contributed by atoms with Crippen LogP contribution in [0.15, 0.2) is 0 Å². The molecule has 3 heteroatoms. The van der Waals surface area contributed by atoms with Gasteiger partial charge in [-0.25, -0.2) is 0 Å². The first-order chi connectivity index (χ1) is 4.22. The first kappa shape index (κ1) is 8.98. The van der Waals surface area contributed by atoms with E-state index in [9.17, 15) is 4.79 Å². The Hall–Kier alpha value is -0.0200. The topological polar surface area (TPSA) is 33.7 Å². The maximum absolute atomic E-state index is 10.7. The molecule has 0 saturated carbocycles. The number of rotatable bonds is 4. The summed E-state index contributed by atoms with van der Waals surface area (Å²) in [7, 11) is 0. The lowest BCUT2D eigenvalue weighted by Gasteiger charge is -2.06. The summed E-state index contributed by atoms with van der Waals surface area (Å²) in [5.41, 5.74) is 0. The van der Waals surface area contributed by atoms with Crippen LogP contribution in [0.5, 0.6) is 0 Å². The summed E-state index contributed by atoms with van der Waals surface area (Å²) >= 11 is 4.04. The van der Waals surface area contributed by atoms with Crippen LogP contribution in [0.2, 0.25) is 0 Å². The molecule has 0 bridgehead atoms. The predicted octanol–water partition coefficient (Wildman–Crippen LogP) is -0.543. The minimum absolute atomic E-state index is 0.0679. The highest BCUT2D eigenvalue weighted by Gasteiger charge is 2.12. The average Bonchev–Trinajstić information content (AvgIpc) is 1.82. The Bertz CT molecular complexity index is 95.1. The Morgan fingerprint density at radius 1 is 1.78 bits per heavy atom. The highest BCUT2D eigenvalue weighted by molar-refractivity contribution is 7.80. The van der Waals surface area contributed by atoms with Gasteiger partial charge in [0.05, 0.1) is 6.54 Å². The third-order valence-corrected chi connectivity index (χ3v) is 1.63. The third kappa shape index (κ3) is 3.54. The fourth-order valence-electron chi connectivity index (χ4n) is 0.654. The zero-order valence-electron chi connectivity index (χ0n) is 5.92. The molecule has 1 atom stereocenters. The second-order valence-electron chi connectivity index (χ2n) is 2.04. The van der Waals surface area contributed by atoms with Crippen molar-refractivity contribution in [2.24, 2.45) is 0 Å². The first-order valence-corrected chi connectivity index (χ1v) is 3.80. The zero-order chi connectivity index (χ0) is 7.28. The van der Waals surface area contributed by atoms with Crippen molar-refractivity contribution in [3.05, 3.63) is 0 Å². The van der Waals surface area contributed by atoms with E-state index in [1.807, 2.05) is 12.2 Å². The number of nitrogens with two attached hydrogens (primary N) is 1. The molecule has 0 fully saturated rings. The maximum Gasteiger partial charge on any atom is 0.187 e. The van der Waals surface area contributed by atoms with E-state index in [0.29, 0.717) is 5.75 Å². The smallest absolute Gasteiger partial charge is 0.187 e. The normalized spacial score (nSPS) is 13.2. The second kappa shape index (κ2) is 4.82. The number of thiol groups is 1. The van der Waals surface area contributed by atoms with Crippen molar-refractivity contribution in [1.82, 2.24) is 0 Å². The van der Waals surface area contributed by atoms with Crippen molar-refractivity contribution in [2.75, 3.05) is 12.3 Å². The van der Waals surface area contributed by atoms with Gasteiger partial charge in [-0.2, -0.15) is 12.6 Å². The number of carbonyl (C=O) groups excluding carboxylic acids is 1. The average molecular weight is 148 g/mol. The van der Waals surface area contributed by atoms with Crippen molar-refractivity contribution in [3.8, 4) is 0 Å². The summed E-state index contributed by atoms with van der Waals surface area (Å²) in [5, 5.41) is 2.00. The largest absolute Gasteiger partial charge is 0.337 e. The number of Topliss-reactive ketones (excluding diaryl/α,β-unsaturated/α-hetero) is 1. The van der Waals surface area contributed by atoms with E-state index in [4.69, 9.17) is 0 Å². The van der Waals surface area contributed by atoms with Crippen molar-refractivity contribution >= 4 is 18.4 Å². The lowest BCUT2D eigenvalue weighted by Crippen LogP contribution is -2.91. The summed E-state index contributed by atoms with van der Waals surface area (Å²) in [4.78, 5) is 10.7. The summed E-state index contributed by atoms with van der Waals surface area (Å²) in [5.74, 6) is 0.857. The van der Waals surface area contributed by atoms with E-state index in [-0.39, 0.29) is 11.8 Å². The van der Waals surface area contributed by atoms with Gasteiger partial charge < -0.3 is 5.32 Å². The summed E-state index contributed by atoms with van der Waals surface area (Å²) in [6, 6.07) is 0.0679. The molecule has 0 aliphatic rings. The van der Waals surface area contributed by atoms with Gasteiger partial charge in [-0.05, 0) is 6.92 Å². The number of quaternary nitrogens is 1. The third-order valence-electron chi connectivity index (χ3n) is 1.24. The molecule has 0 aliphatic carbocycles. The molecule has 9 heavy (non-hydrogen) atoms. The van der Waals surface area contributed by atoms with Gasteiger partial charge in [0.25, 0.3) is 0 Å². The molecule has 0 amide bonds. The highest BCUT2D eigenvalue weighted by atomic mass is 32.1. The van der Waals surface area contributed by atoms with E-state index in [1.165, 1.54) is 0 Å². The Labute approximate surface area is 61.4 Å². The molecule has 0 aromatic heterocycles. The molecule has 0 saturated heterocycles. The Morgan fingerprint density at radius 2 is 2.33 bits per heavy atom. The Balaban J connectivity index is 3.54. The van der Waals surface area contributed by atoms with Crippen molar-refractivity contribution in [3.63, 3.8) is 0 Å². The fraction of sp³-hybridized carbons (Fsp3) is 0.833. The van der Waals surface area contributed by atoms with Gasteiger partial charge in [0.1, 0.15) is 0 Å². The van der Waals surface area contributed by atoms with Crippen LogP contribution in [0.3, 0.4) is 0 Å². The molecule has 0 aromatic rings. The minimum atomic E-state index is 0.0679. The van der Waals surface area contributed by atoms with E-state index in [0.717, 1.165) is 6.54 Å². The van der Waals surface area contributed by atoms with Gasteiger partial charge >= 0.3 is 0 Å². The lowest BCUT2D eigenvalue weighted by molar-refractivity contribution is -0.669. The predicted molar refractivity (Wildman–Crippen MR) is 40.8 cm³/mol. The molecule has 54 valence electrons. The number of likely N-dealkylation sites (N-methyl/N-ethyl adjacent to an activating group) is 1. The standard InChI is InChI=1S/C6H13NOS/c1-3-7-6(4-9)5(2)8/h6-7,9H,3-4H2,1-2H3/p+1. The second-order valence-corrected chi connectivity index (χ2v) is 2.41. The van der Waals surface area contributed by atoms with Crippen LogP contribution >= 0.6 is 12.6 Å². The molecule has 1 unspecified atom stereocenters. The van der Waals surface area contributed by atoms with E-state index in [2.05, 4.69) is 12.6 Å². The highest BCUT2D eigenvalue weighted by Crippen LogP contribution is 1.81. The quantitative estimate of drug-likeness (QED) is 0.516. The molecule has 0 aliphatic heterocycles. The summed E-state index contributed by atoms with van der Waals surface area (Å²) < 4.78 is 0. The van der Waals surface area contributed by atoms with Gasteiger partial charge in [-0.1, -0.05) is 0 Å².